The van der Waals surface area contributed by atoms with Crippen LogP contribution in [0.4, 0.5) is 5.69 Å². The van der Waals surface area contributed by atoms with Crippen LogP contribution in [0.5, 0.6) is 5.75 Å². The summed E-state index contributed by atoms with van der Waals surface area (Å²) in [6.07, 6.45) is 6.48. The average Bonchev–Trinajstić information content (AvgIpc) is 2.65. The van der Waals surface area contributed by atoms with E-state index in [4.69, 9.17) is 0 Å². The third kappa shape index (κ3) is 2.74. The summed E-state index contributed by atoms with van der Waals surface area (Å²) in [4.78, 5) is 0. The number of anilines is 1. The molecule has 2 N–H and O–H groups in total. The molecule has 2 aromatic carbocycles. The van der Waals surface area contributed by atoms with Crippen molar-refractivity contribution in [3.8, 4) is 5.75 Å². The zero-order valence-corrected chi connectivity index (χ0v) is 12.1. The molecule has 2 heteroatoms. The van der Waals surface area contributed by atoms with E-state index < -0.39 is 0 Å². The fourth-order valence-electron chi connectivity index (χ4n) is 3.27. The Labute approximate surface area is 120 Å². The van der Waals surface area contributed by atoms with Gasteiger partial charge >= 0.3 is 0 Å². The predicted octanol–water partition coefficient (Wildman–Crippen LogP) is 4.93. The molecule has 2 atom stereocenters. The normalized spacial score (nSPS) is 23.4. The Morgan fingerprint density at radius 1 is 0.950 bits per heavy atom. The van der Waals surface area contributed by atoms with Crippen LogP contribution >= 0.6 is 0 Å². The molecule has 106 valence electrons. The molecule has 0 bridgehead atoms. The Kier molecular flexibility index (Phi) is 3.81. The summed E-state index contributed by atoms with van der Waals surface area (Å²) in [6, 6.07) is 12.4. The minimum absolute atomic E-state index is 0.362. The topological polar surface area (TPSA) is 32.3 Å². The van der Waals surface area contributed by atoms with E-state index in [0.29, 0.717) is 11.8 Å². The first-order valence-corrected chi connectivity index (χ1v) is 7.71. The molecule has 2 nitrogen and oxygen atoms in total. The summed E-state index contributed by atoms with van der Waals surface area (Å²) >= 11 is 0. The zero-order chi connectivity index (χ0) is 13.9. The second kappa shape index (κ2) is 5.74. The molecular formula is C18H23NO. The van der Waals surface area contributed by atoms with Crippen molar-refractivity contribution in [3.63, 3.8) is 0 Å². The van der Waals surface area contributed by atoms with Gasteiger partial charge < -0.3 is 10.4 Å². The number of phenols is 1. The van der Waals surface area contributed by atoms with Gasteiger partial charge in [0, 0.05) is 22.5 Å². The van der Waals surface area contributed by atoms with Crippen LogP contribution in [0, 0.1) is 5.92 Å². The highest BCUT2D eigenvalue weighted by molar-refractivity contribution is 5.97. The molecule has 0 aliphatic heterocycles. The number of aromatic hydroxyl groups is 1. The number of hydrogen-bond donors (Lipinski definition) is 2. The highest BCUT2D eigenvalue weighted by atomic mass is 16.3. The van der Waals surface area contributed by atoms with Crippen LogP contribution in [0.3, 0.4) is 0 Å². The minimum Gasteiger partial charge on any atom is -0.507 e. The third-order valence-corrected chi connectivity index (χ3v) is 4.52. The second-order valence-electron chi connectivity index (χ2n) is 6.13. The van der Waals surface area contributed by atoms with Crippen LogP contribution < -0.4 is 5.32 Å². The van der Waals surface area contributed by atoms with Gasteiger partial charge in [-0.15, -0.1) is 0 Å². The van der Waals surface area contributed by atoms with E-state index in [9.17, 15) is 5.11 Å². The Morgan fingerprint density at radius 2 is 1.75 bits per heavy atom. The van der Waals surface area contributed by atoms with Crippen LogP contribution in [0.2, 0.25) is 0 Å². The van der Waals surface area contributed by atoms with Gasteiger partial charge in [-0.2, -0.15) is 0 Å². The number of hydrogen-bond acceptors (Lipinski definition) is 2. The fraction of sp³-hybridized carbons (Fsp3) is 0.444. The first-order valence-electron chi connectivity index (χ1n) is 7.71. The number of nitrogens with one attached hydrogen (secondary N) is 1. The van der Waals surface area contributed by atoms with Crippen LogP contribution in [0.1, 0.15) is 39.0 Å². The summed E-state index contributed by atoms with van der Waals surface area (Å²) in [6.45, 7) is 2.36. The summed E-state index contributed by atoms with van der Waals surface area (Å²) in [7, 11) is 0. The Balaban J connectivity index is 1.85. The fourth-order valence-corrected chi connectivity index (χ4v) is 3.27. The maximum atomic E-state index is 9.95. The van der Waals surface area contributed by atoms with Gasteiger partial charge in [-0.1, -0.05) is 44.0 Å². The average molecular weight is 269 g/mol. The first kappa shape index (κ1) is 13.3. The van der Waals surface area contributed by atoms with E-state index >= 15 is 0 Å². The first-order chi connectivity index (χ1) is 9.74. The molecule has 0 saturated heterocycles. The SMILES string of the molecule is CC1CCCC(Nc2cccc3c(O)cccc23)CC1. The van der Waals surface area contributed by atoms with Crippen molar-refractivity contribution in [3.05, 3.63) is 36.4 Å². The lowest BCUT2D eigenvalue weighted by atomic mass is 10.0. The van der Waals surface area contributed by atoms with Crippen LogP contribution in [0.15, 0.2) is 36.4 Å². The summed E-state index contributed by atoms with van der Waals surface area (Å²) in [5, 5.41) is 15.7. The van der Waals surface area contributed by atoms with Crippen LogP contribution in [-0.2, 0) is 0 Å². The lowest BCUT2D eigenvalue weighted by Crippen LogP contribution is -2.18. The van der Waals surface area contributed by atoms with Crippen LogP contribution in [0.25, 0.3) is 10.8 Å². The highest BCUT2D eigenvalue weighted by Gasteiger charge is 2.16. The number of fused-ring (bicyclic) bond motifs is 1. The van der Waals surface area contributed by atoms with E-state index in [0.717, 1.165) is 22.4 Å². The monoisotopic (exact) mass is 269 g/mol. The van der Waals surface area contributed by atoms with Crippen molar-refractivity contribution in [1.29, 1.82) is 0 Å². The molecule has 0 aromatic heterocycles. The van der Waals surface area contributed by atoms with E-state index in [1.54, 1.807) is 6.07 Å². The third-order valence-electron chi connectivity index (χ3n) is 4.52. The summed E-state index contributed by atoms with van der Waals surface area (Å²) in [5.74, 6) is 1.22. The molecule has 1 fully saturated rings. The number of benzene rings is 2. The Bertz CT molecular complexity index is 593. The van der Waals surface area contributed by atoms with Gasteiger partial charge in [0.05, 0.1) is 0 Å². The summed E-state index contributed by atoms with van der Waals surface area (Å²) < 4.78 is 0. The number of phenolic OH excluding ortho intramolecular Hbond substituents is 1. The molecule has 20 heavy (non-hydrogen) atoms. The van der Waals surface area contributed by atoms with Gasteiger partial charge in [-0.25, -0.2) is 0 Å². The minimum atomic E-state index is 0.362. The zero-order valence-electron chi connectivity index (χ0n) is 12.1. The molecule has 2 unspecified atom stereocenters. The van der Waals surface area contributed by atoms with Gasteiger partial charge in [0.15, 0.2) is 0 Å². The maximum Gasteiger partial charge on any atom is 0.123 e. The van der Waals surface area contributed by atoms with Gasteiger partial charge in [0.25, 0.3) is 0 Å². The lowest BCUT2D eigenvalue weighted by molar-refractivity contribution is 0.481. The molecule has 1 aliphatic rings. The quantitative estimate of drug-likeness (QED) is 0.758. The second-order valence-corrected chi connectivity index (χ2v) is 6.13. The molecule has 0 spiro atoms. The largest absolute Gasteiger partial charge is 0.507 e. The van der Waals surface area contributed by atoms with Crippen molar-refractivity contribution in [2.24, 2.45) is 5.92 Å². The standard InChI is InChI=1S/C18H23NO/c1-13-5-2-6-14(12-11-13)19-17-9-3-8-16-15(17)7-4-10-18(16)20/h3-4,7-10,13-14,19-20H,2,5-6,11-12H2,1H3. The van der Waals surface area contributed by atoms with Crippen molar-refractivity contribution in [2.75, 3.05) is 5.32 Å². The van der Waals surface area contributed by atoms with Crippen molar-refractivity contribution >= 4 is 16.5 Å². The predicted molar refractivity (Wildman–Crippen MR) is 85.3 cm³/mol. The molecule has 3 rings (SSSR count). The Hall–Kier alpha value is -1.70. The molecule has 1 saturated carbocycles. The highest BCUT2D eigenvalue weighted by Crippen LogP contribution is 2.32. The van der Waals surface area contributed by atoms with E-state index in [-0.39, 0.29) is 0 Å². The molecule has 0 radical (unpaired) electrons. The smallest absolute Gasteiger partial charge is 0.123 e. The maximum absolute atomic E-state index is 9.95. The van der Waals surface area contributed by atoms with E-state index in [1.165, 1.54) is 32.1 Å². The van der Waals surface area contributed by atoms with Crippen molar-refractivity contribution in [2.45, 2.75) is 45.1 Å². The van der Waals surface area contributed by atoms with E-state index in [2.05, 4.69) is 24.4 Å². The molecule has 1 aliphatic carbocycles. The van der Waals surface area contributed by atoms with Gasteiger partial charge in [-0.3, -0.25) is 0 Å². The molecule has 2 aromatic rings. The summed E-state index contributed by atoms with van der Waals surface area (Å²) in [5.41, 5.74) is 1.15. The molecular weight excluding hydrogens is 246 g/mol. The lowest BCUT2D eigenvalue weighted by Gasteiger charge is -2.19. The number of rotatable bonds is 2. The van der Waals surface area contributed by atoms with Crippen molar-refractivity contribution < 1.29 is 5.11 Å². The van der Waals surface area contributed by atoms with Gasteiger partial charge in [0.2, 0.25) is 0 Å². The van der Waals surface area contributed by atoms with E-state index in [1.807, 2.05) is 18.2 Å². The molecule has 0 amide bonds. The van der Waals surface area contributed by atoms with Gasteiger partial charge in [-0.05, 0) is 37.3 Å². The molecule has 0 heterocycles. The van der Waals surface area contributed by atoms with Gasteiger partial charge in [0.1, 0.15) is 5.75 Å². The van der Waals surface area contributed by atoms with Crippen LogP contribution in [-0.4, -0.2) is 11.1 Å². The van der Waals surface area contributed by atoms with Crippen molar-refractivity contribution in [1.82, 2.24) is 0 Å². The Morgan fingerprint density at radius 3 is 2.65 bits per heavy atom.